The maximum absolute atomic E-state index is 13.7. The van der Waals surface area contributed by atoms with E-state index in [4.69, 9.17) is 0 Å². The SMILES string of the molecule is Cc1cc(C(=O)NC[C@H]2CC(F)(F)CN2)nc2c(C(F)(F)F)cc(C3CC3)cc12. The molecule has 4 nitrogen and oxygen atoms in total. The highest BCUT2D eigenvalue weighted by molar-refractivity contribution is 5.97. The molecule has 1 saturated carbocycles. The Labute approximate surface area is 163 Å². The molecule has 2 N–H and O–H groups in total. The van der Waals surface area contributed by atoms with E-state index in [0.717, 1.165) is 18.9 Å². The van der Waals surface area contributed by atoms with Crippen LogP contribution in [0.4, 0.5) is 22.0 Å². The second-order valence-corrected chi connectivity index (χ2v) is 7.91. The summed E-state index contributed by atoms with van der Waals surface area (Å²) in [5.41, 5.74) is -0.132. The lowest BCUT2D eigenvalue weighted by atomic mass is 9.98. The highest BCUT2D eigenvalue weighted by atomic mass is 19.4. The molecule has 2 aromatic rings. The third kappa shape index (κ3) is 4.19. The Morgan fingerprint density at radius 1 is 1.28 bits per heavy atom. The van der Waals surface area contributed by atoms with Gasteiger partial charge in [-0.15, -0.1) is 0 Å². The number of amides is 1. The molecule has 0 bridgehead atoms. The van der Waals surface area contributed by atoms with Crippen molar-refractivity contribution in [3.8, 4) is 0 Å². The van der Waals surface area contributed by atoms with E-state index in [-0.39, 0.29) is 23.7 Å². The second-order valence-electron chi connectivity index (χ2n) is 7.91. The van der Waals surface area contributed by atoms with Gasteiger partial charge in [-0.1, -0.05) is 0 Å². The number of hydrogen-bond acceptors (Lipinski definition) is 3. The van der Waals surface area contributed by atoms with Crippen LogP contribution in [0.25, 0.3) is 10.9 Å². The van der Waals surface area contributed by atoms with Gasteiger partial charge in [-0.05, 0) is 55.0 Å². The Morgan fingerprint density at radius 2 is 2.00 bits per heavy atom. The molecule has 0 unspecified atom stereocenters. The maximum atomic E-state index is 13.7. The number of carbonyl (C=O) groups excluding carboxylic acids is 1. The molecule has 2 aliphatic rings. The van der Waals surface area contributed by atoms with Gasteiger partial charge in [-0.2, -0.15) is 13.2 Å². The summed E-state index contributed by atoms with van der Waals surface area (Å²) >= 11 is 0. The monoisotopic (exact) mass is 413 g/mol. The molecule has 1 aromatic heterocycles. The average Bonchev–Trinajstić information content (AvgIpc) is 3.42. The molecular formula is C20H20F5N3O. The van der Waals surface area contributed by atoms with Gasteiger partial charge >= 0.3 is 6.18 Å². The summed E-state index contributed by atoms with van der Waals surface area (Å²) in [7, 11) is 0. The van der Waals surface area contributed by atoms with Crippen molar-refractivity contribution >= 4 is 16.8 Å². The van der Waals surface area contributed by atoms with Gasteiger partial charge in [0, 0.05) is 24.4 Å². The van der Waals surface area contributed by atoms with Crippen LogP contribution in [0, 0.1) is 6.92 Å². The number of nitrogens with one attached hydrogen (secondary N) is 2. The van der Waals surface area contributed by atoms with Gasteiger partial charge in [-0.25, -0.2) is 13.8 Å². The fraction of sp³-hybridized carbons (Fsp3) is 0.500. The molecule has 4 rings (SSSR count). The molecule has 156 valence electrons. The third-order valence-electron chi connectivity index (χ3n) is 5.43. The molecule has 1 aromatic carbocycles. The highest BCUT2D eigenvalue weighted by Crippen LogP contribution is 2.44. The Morgan fingerprint density at radius 3 is 2.59 bits per heavy atom. The van der Waals surface area contributed by atoms with Crippen molar-refractivity contribution in [1.82, 2.24) is 15.6 Å². The number of nitrogens with zero attached hydrogens (tertiary/aromatic N) is 1. The minimum Gasteiger partial charge on any atom is -0.349 e. The lowest BCUT2D eigenvalue weighted by molar-refractivity contribution is -0.136. The largest absolute Gasteiger partial charge is 0.418 e. The third-order valence-corrected chi connectivity index (χ3v) is 5.43. The number of aryl methyl sites for hydroxylation is 1. The first-order valence-corrected chi connectivity index (χ1v) is 9.45. The lowest BCUT2D eigenvalue weighted by Crippen LogP contribution is -2.37. The maximum Gasteiger partial charge on any atom is 0.418 e. The fourth-order valence-corrected chi connectivity index (χ4v) is 3.75. The summed E-state index contributed by atoms with van der Waals surface area (Å²) in [5.74, 6) is -3.38. The van der Waals surface area contributed by atoms with E-state index in [1.807, 2.05) is 0 Å². The van der Waals surface area contributed by atoms with Crippen molar-refractivity contribution in [2.75, 3.05) is 13.1 Å². The van der Waals surface area contributed by atoms with E-state index in [2.05, 4.69) is 15.6 Å². The topological polar surface area (TPSA) is 54.0 Å². The van der Waals surface area contributed by atoms with E-state index < -0.39 is 42.6 Å². The quantitative estimate of drug-likeness (QED) is 0.740. The zero-order valence-electron chi connectivity index (χ0n) is 15.7. The summed E-state index contributed by atoms with van der Waals surface area (Å²) < 4.78 is 67.4. The number of benzene rings is 1. The van der Waals surface area contributed by atoms with Gasteiger partial charge < -0.3 is 10.6 Å². The predicted octanol–water partition coefficient (Wildman–Crippen LogP) is 4.17. The van der Waals surface area contributed by atoms with Gasteiger partial charge in [0.2, 0.25) is 0 Å². The Bertz CT molecular complexity index is 969. The van der Waals surface area contributed by atoms with Crippen molar-refractivity contribution in [2.45, 2.75) is 50.2 Å². The first kappa shape index (κ1) is 20.0. The first-order valence-electron chi connectivity index (χ1n) is 9.45. The molecule has 1 amide bonds. The Hall–Kier alpha value is -2.29. The summed E-state index contributed by atoms with van der Waals surface area (Å²) in [6, 6.07) is 3.68. The van der Waals surface area contributed by atoms with Crippen LogP contribution in [-0.2, 0) is 6.18 Å². The summed E-state index contributed by atoms with van der Waals surface area (Å²) in [6.45, 7) is 1.12. The van der Waals surface area contributed by atoms with E-state index >= 15 is 0 Å². The number of carbonyl (C=O) groups is 1. The number of fused-ring (bicyclic) bond motifs is 1. The van der Waals surface area contributed by atoms with Crippen LogP contribution in [0.2, 0.25) is 0 Å². The Balaban J connectivity index is 1.63. The number of aromatic nitrogens is 1. The van der Waals surface area contributed by atoms with E-state index in [9.17, 15) is 26.7 Å². The molecule has 0 spiro atoms. The standard InChI is InChI=1S/C20H20F5N3O/c1-10-4-16(18(29)26-8-13-7-19(21,22)9-27-13)28-17-14(10)5-12(11-2-3-11)6-15(17)20(23,24)25/h4-6,11,13,27H,2-3,7-9H2,1H3,(H,26,29)/t13-/m1/s1. The molecule has 1 aliphatic carbocycles. The minimum absolute atomic E-state index is 0.0556. The van der Waals surface area contributed by atoms with Crippen LogP contribution in [-0.4, -0.2) is 35.9 Å². The van der Waals surface area contributed by atoms with E-state index in [0.29, 0.717) is 16.5 Å². The molecule has 1 saturated heterocycles. The molecule has 2 fully saturated rings. The average molecular weight is 413 g/mol. The summed E-state index contributed by atoms with van der Waals surface area (Å²) in [5, 5.41) is 5.47. The summed E-state index contributed by atoms with van der Waals surface area (Å²) in [4.78, 5) is 16.4. The van der Waals surface area contributed by atoms with E-state index in [1.165, 1.54) is 6.07 Å². The minimum atomic E-state index is -4.60. The smallest absolute Gasteiger partial charge is 0.349 e. The molecule has 29 heavy (non-hydrogen) atoms. The van der Waals surface area contributed by atoms with Crippen LogP contribution >= 0.6 is 0 Å². The zero-order chi connectivity index (χ0) is 21.0. The number of pyridine rings is 1. The molecule has 2 heterocycles. The van der Waals surface area contributed by atoms with Gasteiger partial charge in [0.15, 0.2) is 0 Å². The molecule has 9 heteroatoms. The van der Waals surface area contributed by atoms with Gasteiger partial charge in [0.25, 0.3) is 11.8 Å². The fourth-order valence-electron chi connectivity index (χ4n) is 3.75. The normalized spacial score (nSPS) is 21.5. The second kappa shape index (κ2) is 6.90. The molecule has 1 atom stereocenters. The predicted molar refractivity (Wildman–Crippen MR) is 97.1 cm³/mol. The van der Waals surface area contributed by atoms with Crippen molar-refractivity contribution in [1.29, 1.82) is 0 Å². The first-order chi connectivity index (χ1) is 13.5. The van der Waals surface area contributed by atoms with E-state index in [1.54, 1.807) is 13.0 Å². The molecular weight excluding hydrogens is 393 g/mol. The number of hydrogen-bond donors (Lipinski definition) is 2. The van der Waals surface area contributed by atoms with Gasteiger partial charge in [0.1, 0.15) is 5.69 Å². The van der Waals surface area contributed by atoms with Gasteiger partial charge in [0.05, 0.1) is 17.6 Å². The highest BCUT2D eigenvalue weighted by Gasteiger charge is 2.39. The van der Waals surface area contributed by atoms with Crippen molar-refractivity contribution in [3.63, 3.8) is 0 Å². The van der Waals surface area contributed by atoms with Crippen LogP contribution in [0.15, 0.2) is 18.2 Å². The number of alkyl halides is 5. The van der Waals surface area contributed by atoms with Crippen molar-refractivity contribution < 1.29 is 26.7 Å². The Kier molecular flexibility index (Phi) is 4.76. The number of rotatable bonds is 4. The van der Waals surface area contributed by atoms with Crippen LogP contribution in [0.1, 0.15) is 52.4 Å². The molecule has 0 radical (unpaired) electrons. The zero-order valence-corrected chi connectivity index (χ0v) is 15.7. The van der Waals surface area contributed by atoms with Crippen LogP contribution < -0.4 is 10.6 Å². The van der Waals surface area contributed by atoms with Crippen LogP contribution in [0.3, 0.4) is 0 Å². The summed E-state index contributed by atoms with van der Waals surface area (Å²) in [6.07, 6.45) is -3.27. The molecule has 1 aliphatic heterocycles. The van der Waals surface area contributed by atoms with Gasteiger partial charge in [-0.3, -0.25) is 4.79 Å². The van der Waals surface area contributed by atoms with Crippen molar-refractivity contribution in [3.05, 3.63) is 40.6 Å². The lowest BCUT2D eigenvalue weighted by Gasteiger charge is -2.16. The van der Waals surface area contributed by atoms with Crippen LogP contribution in [0.5, 0.6) is 0 Å². The number of halogens is 5. The van der Waals surface area contributed by atoms with Crippen molar-refractivity contribution in [2.24, 2.45) is 0 Å².